The van der Waals surface area contributed by atoms with Gasteiger partial charge in [0.25, 0.3) is 0 Å². The van der Waals surface area contributed by atoms with Crippen LogP contribution < -0.4 is 4.90 Å². The van der Waals surface area contributed by atoms with Gasteiger partial charge in [-0.25, -0.2) is 19.0 Å². The third-order valence-electron chi connectivity index (χ3n) is 12.4. The summed E-state index contributed by atoms with van der Waals surface area (Å²) in [5.74, 6) is 3.92. The van der Waals surface area contributed by atoms with Crippen molar-refractivity contribution in [1.29, 1.82) is 0 Å². The minimum atomic E-state index is -2.24. The molecule has 0 radical (unpaired) electrons. The maximum atomic E-state index is 16.7. The molecule has 0 aliphatic carbocycles. The molecule has 300 valence electrons. The van der Waals surface area contributed by atoms with Gasteiger partial charge < -0.3 is 24.0 Å². The van der Waals surface area contributed by atoms with E-state index in [0.717, 1.165) is 74.3 Å². The zero-order valence-corrected chi connectivity index (χ0v) is 36.4. The van der Waals surface area contributed by atoms with E-state index in [1.807, 2.05) is 42.5 Å². The van der Waals surface area contributed by atoms with E-state index in [1.54, 1.807) is 13.0 Å². The Morgan fingerprint density at radius 3 is 2.49 bits per heavy atom. The van der Waals surface area contributed by atoms with Gasteiger partial charge in [0, 0.05) is 48.1 Å². The van der Waals surface area contributed by atoms with Crippen LogP contribution in [0.5, 0.6) is 0 Å². The third kappa shape index (κ3) is 6.71. The summed E-state index contributed by atoms with van der Waals surface area (Å²) in [6.07, 6.45) is 8.42. The first-order valence-corrected chi connectivity index (χ1v) is 23.7. The number of aromatic nitrogens is 6. The molecule has 0 bridgehead atoms. The van der Waals surface area contributed by atoms with Crippen LogP contribution in [0.25, 0.3) is 54.9 Å². The zero-order chi connectivity index (χ0) is 40.4. The number of fused-ring (bicyclic) bond motifs is 5. The first-order valence-electron chi connectivity index (χ1n) is 20.3. The van der Waals surface area contributed by atoms with E-state index < -0.39 is 13.7 Å². The summed E-state index contributed by atoms with van der Waals surface area (Å²) in [6, 6.07) is 7.54. The van der Waals surface area contributed by atoms with Gasteiger partial charge >= 0.3 is 0 Å². The Kier molecular flexibility index (Phi) is 10.6. The summed E-state index contributed by atoms with van der Waals surface area (Å²) in [5.41, 5.74) is 8.26. The van der Waals surface area contributed by atoms with E-state index in [9.17, 15) is 5.11 Å². The van der Waals surface area contributed by atoms with Gasteiger partial charge in [0.2, 0.25) is 0 Å². The predicted molar refractivity (Wildman–Crippen MR) is 232 cm³/mol. The van der Waals surface area contributed by atoms with Crippen LogP contribution in [-0.4, -0.2) is 87.2 Å². The van der Waals surface area contributed by atoms with Crippen LogP contribution in [0.1, 0.15) is 79.5 Å². The van der Waals surface area contributed by atoms with Gasteiger partial charge in [0.05, 0.1) is 53.6 Å². The van der Waals surface area contributed by atoms with Crippen molar-refractivity contribution in [3.05, 3.63) is 48.0 Å². The zero-order valence-electron chi connectivity index (χ0n) is 34.6. The molecule has 6 heterocycles. The summed E-state index contributed by atoms with van der Waals surface area (Å²) < 4.78 is 32.8. The highest BCUT2D eigenvalue weighted by molar-refractivity contribution is 7.98. The van der Waals surface area contributed by atoms with Gasteiger partial charge in [-0.2, -0.15) is 5.10 Å². The lowest BCUT2D eigenvalue weighted by Crippen LogP contribution is -2.43. The van der Waals surface area contributed by atoms with Crippen molar-refractivity contribution in [3.63, 3.8) is 0 Å². The Morgan fingerprint density at radius 1 is 1.02 bits per heavy atom. The van der Waals surface area contributed by atoms with E-state index in [2.05, 4.69) is 68.5 Å². The van der Waals surface area contributed by atoms with Gasteiger partial charge in [-0.1, -0.05) is 65.3 Å². The van der Waals surface area contributed by atoms with Crippen LogP contribution in [0.15, 0.2) is 41.8 Å². The van der Waals surface area contributed by atoms with Crippen LogP contribution in [0.3, 0.4) is 0 Å². The first-order chi connectivity index (χ1) is 27.3. The van der Waals surface area contributed by atoms with Crippen molar-refractivity contribution in [1.82, 2.24) is 29.3 Å². The Labute approximate surface area is 339 Å². The van der Waals surface area contributed by atoms with Gasteiger partial charge in [0.1, 0.15) is 31.0 Å². The predicted octanol–water partition coefficient (Wildman–Crippen LogP) is 9.40. The quantitative estimate of drug-likeness (QED) is 0.0732. The number of hydrogen-bond acceptors (Lipinski definition) is 9. The number of rotatable bonds is 7. The maximum Gasteiger partial charge on any atom is 0.191 e. The Balaban J connectivity index is 1.49. The van der Waals surface area contributed by atoms with Crippen molar-refractivity contribution >= 4 is 69.3 Å². The maximum absolute atomic E-state index is 16.7. The largest absolute Gasteiger partial charge is 0.386 e. The van der Waals surface area contributed by atoms with Crippen LogP contribution in [-0.2, 0) is 16.5 Å². The van der Waals surface area contributed by atoms with E-state index >= 15 is 4.39 Å². The lowest BCUT2D eigenvalue weighted by Gasteiger charge is -2.38. The molecule has 2 saturated heterocycles. The van der Waals surface area contributed by atoms with Crippen LogP contribution in [0, 0.1) is 17.3 Å². The number of ether oxygens (including phenoxy) is 2. The first kappa shape index (κ1) is 39.7. The molecule has 10 nitrogen and oxygen atoms in total. The number of thioether (sulfide) groups is 1. The number of benzene rings is 2. The minimum Gasteiger partial charge on any atom is -0.386 e. The Morgan fingerprint density at radius 2 is 1.79 bits per heavy atom. The minimum absolute atomic E-state index is 0.199. The number of nitrogens with zero attached hydrogens (tertiary/aromatic N) is 7. The van der Waals surface area contributed by atoms with E-state index in [0.29, 0.717) is 59.3 Å². The summed E-state index contributed by atoms with van der Waals surface area (Å²) in [6.45, 7) is 17.8. The number of anilines is 1. The second kappa shape index (κ2) is 15.3. The number of aryl methyl sites for hydroxylation is 1. The molecule has 0 spiro atoms. The fraction of sp³-hybridized carbons (Fsp3) is 0.500. The third-order valence-corrected chi connectivity index (χ3v) is 19.2. The highest BCUT2D eigenvalue weighted by Crippen LogP contribution is 2.46. The van der Waals surface area contributed by atoms with Gasteiger partial charge in [-0.3, -0.25) is 4.98 Å². The monoisotopic (exact) mass is 807 g/mol. The van der Waals surface area contributed by atoms with E-state index in [4.69, 9.17) is 29.5 Å². The number of halogens is 1. The number of aliphatic hydroxyl groups is 1. The summed E-state index contributed by atoms with van der Waals surface area (Å²) >= 11 is 1.47. The second-order valence-corrected chi connectivity index (χ2v) is 23.4. The molecule has 0 amide bonds. The average molecular weight is 808 g/mol. The standard InChI is InChI=1S/C44H54FN7O3SSi/c1-26(2)57(27(3)4,28(5)6)21-16-30-33(45)14-13-29-22-34-32(23-47-52(34)35-12-10-11-19-55-35)37(36(29)30)39-40-31(15-17-46-39)38-41(50(40)8)48-43(56-9)49-42(38)51-18-20-54-25-44(7,53)24-51/h13-15,17,22-23,26-28,35,53H,10-12,18-20,24-25H2,1-9H3/t35?,44-/m0/s1. The summed E-state index contributed by atoms with van der Waals surface area (Å²) in [7, 11) is -0.230. The molecule has 13 heteroatoms. The van der Waals surface area contributed by atoms with Crippen LogP contribution >= 0.6 is 11.8 Å². The number of hydrogen-bond donors (Lipinski definition) is 1. The molecular weight excluding hydrogens is 754 g/mol. The normalized spacial score (nSPS) is 19.8. The molecule has 2 fully saturated rings. The van der Waals surface area contributed by atoms with Crippen molar-refractivity contribution in [2.75, 3.05) is 44.1 Å². The topological polar surface area (TPSA) is 103 Å². The molecule has 1 unspecified atom stereocenters. The van der Waals surface area contributed by atoms with Crippen LogP contribution in [0.4, 0.5) is 10.2 Å². The van der Waals surface area contributed by atoms with Crippen molar-refractivity contribution < 1.29 is 19.0 Å². The Bertz CT molecular complexity index is 2540. The molecule has 6 aromatic rings. The molecule has 2 aliphatic rings. The Hall–Kier alpha value is -4.06. The second-order valence-electron chi connectivity index (χ2n) is 17.1. The van der Waals surface area contributed by atoms with Gasteiger partial charge in [0.15, 0.2) is 11.4 Å². The van der Waals surface area contributed by atoms with Gasteiger partial charge in [-0.05, 0) is 72.7 Å². The molecule has 8 rings (SSSR count). The van der Waals surface area contributed by atoms with Crippen molar-refractivity contribution in [3.8, 4) is 22.7 Å². The SMILES string of the molecule is CSc1nc(N2CCOC[C@@](C)(O)C2)c2c3ccnc(-c4c5cnn(C6CCCCO6)c5cc5ccc(F)c(C#C[Si](C(C)C)(C(C)C)C(C)C)c45)c3n(C)c2n1. The fourth-order valence-electron chi connectivity index (χ4n) is 9.78. The van der Waals surface area contributed by atoms with Crippen LogP contribution in [0.2, 0.25) is 16.6 Å². The molecule has 2 aromatic carbocycles. The highest BCUT2D eigenvalue weighted by atomic mass is 32.2. The number of β-amino-alcohol motifs (C(OH)–C–C–N with tert-alkyl or cyclic N) is 1. The molecule has 57 heavy (non-hydrogen) atoms. The fourth-order valence-corrected chi connectivity index (χ4v) is 15.3. The van der Waals surface area contributed by atoms with Crippen molar-refractivity contribution in [2.45, 2.75) is 101 Å². The van der Waals surface area contributed by atoms with E-state index in [-0.39, 0.29) is 18.7 Å². The molecule has 2 atom stereocenters. The number of pyridine rings is 1. The summed E-state index contributed by atoms with van der Waals surface area (Å²) in [4.78, 5) is 17.4. The molecule has 2 aliphatic heterocycles. The molecule has 0 saturated carbocycles. The summed E-state index contributed by atoms with van der Waals surface area (Å²) in [5, 5.41) is 21.0. The lowest BCUT2D eigenvalue weighted by molar-refractivity contribution is -0.0366. The lowest BCUT2D eigenvalue weighted by atomic mass is 9.93. The van der Waals surface area contributed by atoms with E-state index in [1.165, 1.54) is 11.8 Å². The molecule has 4 aromatic heterocycles. The van der Waals surface area contributed by atoms with Crippen molar-refractivity contribution in [2.24, 2.45) is 7.05 Å². The average Bonchev–Trinajstić information content (AvgIpc) is 3.67. The highest BCUT2D eigenvalue weighted by Gasteiger charge is 2.42. The van der Waals surface area contributed by atoms with Gasteiger partial charge in [-0.15, -0.1) is 5.54 Å². The molecular formula is C44H54FN7O3SSi. The smallest absolute Gasteiger partial charge is 0.191 e. The molecule has 1 N–H and O–H groups in total.